The monoisotopic (exact) mass is 322 g/mol. The van der Waals surface area contributed by atoms with Gasteiger partial charge in [-0.2, -0.15) is 5.10 Å². The van der Waals surface area contributed by atoms with E-state index in [1.165, 1.54) is 0 Å². The highest BCUT2D eigenvalue weighted by Crippen LogP contribution is 2.20. The highest BCUT2D eigenvalue weighted by molar-refractivity contribution is 5.41. The molecule has 4 rings (SSSR count). The Morgan fingerprint density at radius 2 is 1.92 bits per heavy atom. The number of piperidine rings is 1. The molecule has 1 saturated heterocycles. The topological polar surface area (TPSA) is 84.7 Å². The molecule has 0 aliphatic carbocycles. The molecule has 0 saturated carbocycles. The van der Waals surface area contributed by atoms with E-state index in [9.17, 15) is 0 Å². The summed E-state index contributed by atoms with van der Waals surface area (Å²) in [5.41, 5.74) is 0. The van der Waals surface area contributed by atoms with Crippen LogP contribution in [0.3, 0.4) is 0 Å². The molecule has 8 heteroatoms. The molecule has 1 N–H and O–H groups in total. The minimum Gasteiger partial charge on any atom is -0.367 e. The van der Waals surface area contributed by atoms with Gasteiger partial charge in [-0.25, -0.2) is 19.6 Å². The molecule has 0 atom stereocenters. The summed E-state index contributed by atoms with van der Waals surface area (Å²) >= 11 is 0. The first-order valence-corrected chi connectivity index (χ1v) is 7.98. The standard InChI is InChI=1S/C16H18N8/c1-5-20-24(7-1)16-11-18-10-15(22-16)23-8-3-13(4-9-23)21-14-2-6-17-12-19-14/h1-2,5-7,10-13H,3-4,8-9H2,(H,17,19,21). The molecule has 1 aliphatic heterocycles. The van der Waals surface area contributed by atoms with Gasteiger partial charge in [-0.1, -0.05) is 0 Å². The number of anilines is 2. The molecule has 3 aromatic heterocycles. The van der Waals surface area contributed by atoms with E-state index in [2.05, 4.69) is 35.3 Å². The van der Waals surface area contributed by atoms with Crippen LogP contribution in [0.2, 0.25) is 0 Å². The molecule has 0 aromatic carbocycles. The van der Waals surface area contributed by atoms with Crippen molar-refractivity contribution in [2.75, 3.05) is 23.3 Å². The van der Waals surface area contributed by atoms with Crippen molar-refractivity contribution >= 4 is 11.6 Å². The zero-order valence-corrected chi connectivity index (χ0v) is 13.2. The lowest BCUT2D eigenvalue weighted by molar-refractivity contribution is 0.521. The summed E-state index contributed by atoms with van der Waals surface area (Å²) in [5.74, 6) is 2.51. The van der Waals surface area contributed by atoms with E-state index in [4.69, 9.17) is 0 Å². The Morgan fingerprint density at radius 1 is 1.04 bits per heavy atom. The SMILES string of the molecule is c1cnn(-c2cncc(N3CCC(Nc4ccncn4)CC3)n2)c1. The van der Waals surface area contributed by atoms with Crippen LogP contribution in [0.1, 0.15) is 12.8 Å². The Morgan fingerprint density at radius 3 is 2.67 bits per heavy atom. The number of hydrogen-bond donors (Lipinski definition) is 1. The van der Waals surface area contributed by atoms with Crippen LogP contribution in [0, 0.1) is 0 Å². The number of aromatic nitrogens is 6. The Labute approximate surface area is 139 Å². The van der Waals surface area contributed by atoms with Crippen LogP contribution in [0.15, 0.2) is 49.4 Å². The minimum atomic E-state index is 0.415. The Bertz CT molecular complexity index is 766. The average Bonchev–Trinajstić information content (AvgIpc) is 3.18. The third-order valence-corrected chi connectivity index (χ3v) is 4.10. The average molecular weight is 322 g/mol. The molecule has 0 unspecified atom stereocenters. The van der Waals surface area contributed by atoms with E-state index < -0.39 is 0 Å². The van der Waals surface area contributed by atoms with Gasteiger partial charge in [0, 0.05) is 37.7 Å². The second-order valence-electron chi connectivity index (χ2n) is 5.69. The molecule has 0 amide bonds. The largest absolute Gasteiger partial charge is 0.367 e. The molecule has 0 spiro atoms. The van der Waals surface area contributed by atoms with Crippen molar-refractivity contribution in [1.29, 1.82) is 0 Å². The zero-order chi connectivity index (χ0) is 16.2. The third kappa shape index (κ3) is 3.17. The van der Waals surface area contributed by atoms with Gasteiger partial charge in [-0.15, -0.1) is 0 Å². The summed E-state index contributed by atoms with van der Waals surface area (Å²) in [4.78, 5) is 19.4. The molecule has 24 heavy (non-hydrogen) atoms. The van der Waals surface area contributed by atoms with Crippen molar-refractivity contribution in [1.82, 2.24) is 29.7 Å². The van der Waals surface area contributed by atoms with Crippen molar-refractivity contribution < 1.29 is 0 Å². The maximum atomic E-state index is 4.67. The minimum absolute atomic E-state index is 0.415. The van der Waals surface area contributed by atoms with Gasteiger partial charge < -0.3 is 10.2 Å². The highest BCUT2D eigenvalue weighted by Gasteiger charge is 2.21. The number of hydrogen-bond acceptors (Lipinski definition) is 7. The highest BCUT2D eigenvalue weighted by atomic mass is 15.3. The van der Waals surface area contributed by atoms with Crippen LogP contribution < -0.4 is 10.2 Å². The Balaban J connectivity index is 1.40. The van der Waals surface area contributed by atoms with Crippen molar-refractivity contribution in [2.45, 2.75) is 18.9 Å². The second kappa shape index (κ2) is 6.61. The molecular formula is C16H18N8. The van der Waals surface area contributed by atoms with Gasteiger partial charge in [0.25, 0.3) is 0 Å². The lowest BCUT2D eigenvalue weighted by Crippen LogP contribution is -2.39. The van der Waals surface area contributed by atoms with Gasteiger partial charge in [0.2, 0.25) is 0 Å². The summed E-state index contributed by atoms with van der Waals surface area (Å²) < 4.78 is 1.72. The summed E-state index contributed by atoms with van der Waals surface area (Å²) in [6, 6.07) is 4.18. The van der Waals surface area contributed by atoms with Crippen molar-refractivity contribution in [3.63, 3.8) is 0 Å². The summed E-state index contributed by atoms with van der Waals surface area (Å²) in [6.07, 6.45) is 12.5. The number of nitrogens with one attached hydrogen (secondary N) is 1. The van der Waals surface area contributed by atoms with Crippen LogP contribution in [0.5, 0.6) is 0 Å². The zero-order valence-electron chi connectivity index (χ0n) is 13.2. The van der Waals surface area contributed by atoms with E-state index in [1.807, 2.05) is 24.5 Å². The predicted octanol–water partition coefficient (Wildman–Crippen LogP) is 1.53. The predicted molar refractivity (Wildman–Crippen MR) is 90.0 cm³/mol. The van der Waals surface area contributed by atoms with Crippen LogP contribution in [-0.2, 0) is 0 Å². The lowest BCUT2D eigenvalue weighted by atomic mass is 10.1. The fraction of sp³-hybridized carbons (Fsp3) is 0.312. The smallest absolute Gasteiger partial charge is 0.173 e. The van der Waals surface area contributed by atoms with E-state index in [0.717, 1.165) is 43.4 Å². The van der Waals surface area contributed by atoms with Gasteiger partial charge in [-0.05, 0) is 25.0 Å². The van der Waals surface area contributed by atoms with E-state index in [0.29, 0.717) is 6.04 Å². The number of nitrogens with zero attached hydrogens (tertiary/aromatic N) is 7. The maximum Gasteiger partial charge on any atom is 0.173 e. The van der Waals surface area contributed by atoms with Crippen LogP contribution in [-0.4, -0.2) is 48.8 Å². The Kier molecular flexibility index (Phi) is 4.01. The molecule has 122 valence electrons. The molecular weight excluding hydrogens is 304 g/mol. The lowest BCUT2D eigenvalue weighted by Gasteiger charge is -2.33. The van der Waals surface area contributed by atoms with E-state index >= 15 is 0 Å². The Hall–Kier alpha value is -3.03. The number of rotatable bonds is 4. The summed E-state index contributed by atoms with van der Waals surface area (Å²) in [5, 5.41) is 7.66. The van der Waals surface area contributed by atoms with E-state index in [-0.39, 0.29) is 0 Å². The molecule has 1 fully saturated rings. The first kappa shape index (κ1) is 14.6. The van der Waals surface area contributed by atoms with Gasteiger partial charge in [-0.3, -0.25) is 4.98 Å². The van der Waals surface area contributed by atoms with Gasteiger partial charge >= 0.3 is 0 Å². The quantitative estimate of drug-likeness (QED) is 0.779. The molecule has 3 aromatic rings. The van der Waals surface area contributed by atoms with Gasteiger partial charge in [0.15, 0.2) is 5.82 Å². The molecule has 1 aliphatic rings. The maximum absolute atomic E-state index is 4.67. The van der Waals surface area contributed by atoms with E-state index in [1.54, 1.807) is 29.6 Å². The van der Waals surface area contributed by atoms with Crippen LogP contribution in [0.25, 0.3) is 5.82 Å². The first-order chi connectivity index (χ1) is 11.9. The molecule has 0 bridgehead atoms. The molecule has 8 nitrogen and oxygen atoms in total. The van der Waals surface area contributed by atoms with Crippen LogP contribution in [0.4, 0.5) is 11.6 Å². The third-order valence-electron chi connectivity index (χ3n) is 4.10. The van der Waals surface area contributed by atoms with Crippen molar-refractivity contribution in [3.8, 4) is 5.82 Å². The second-order valence-corrected chi connectivity index (χ2v) is 5.69. The van der Waals surface area contributed by atoms with Gasteiger partial charge in [0.1, 0.15) is 18.0 Å². The summed E-state index contributed by atoms with van der Waals surface area (Å²) in [6.45, 7) is 1.86. The fourth-order valence-corrected chi connectivity index (χ4v) is 2.85. The van der Waals surface area contributed by atoms with Crippen LogP contribution >= 0.6 is 0 Å². The van der Waals surface area contributed by atoms with Crippen molar-refractivity contribution in [3.05, 3.63) is 49.4 Å². The normalized spacial score (nSPS) is 15.4. The summed E-state index contributed by atoms with van der Waals surface area (Å²) in [7, 11) is 0. The first-order valence-electron chi connectivity index (χ1n) is 7.98. The van der Waals surface area contributed by atoms with Crippen molar-refractivity contribution in [2.24, 2.45) is 0 Å². The molecule has 0 radical (unpaired) electrons. The fourth-order valence-electron chi connectivity index (χ4n) is 2.85. The van der Waals surface area contributed by atoms with Gasteiger partial charge in [0.05, 0.1) is 12.4 Å². The molecule has 4 heterocycles.